The van der Waals surface area contributed by atoms with Gasteiger partial charge in [-0.1, -0.05) is 0 Å². The van der Waals surface area contributed by atoms with Crippen molar-refractivity contribution >= 4 is 34.8 Å². The van der Waals surface area contributed by atoms with Gasteiger partial charge in [-0.3, -0.25) is 9.35 Å². The molecule has 0 aliphatic carbocycles. The maximum absolute atomic E-state index is 12.5. The first-order valence-electron chi connectivity index (χ1n) is 6.49. The van der Waals surface area contributed by atoms with Crippen molar-refractivity contribution in [3.8, 4) is 23.0 Å². The predicted octanol–water partition coefficient (Wildman–Crippen LogP) is 0.944. The first-order valence-corrected chi connectivity index (χ1v) is 7.93. The number of rotatable bonds is 5. The summed E-state index contributed by atoms with van der Waals surface area (Å²) >= 11 is 0. The van der Waals surface area contributed by atoms with Crippen LogP contribution in [0.25, 0.3) is 0 Å². The van der Waals surface area contributed by atoms with E-state index in [1.165, 1.54) is 25.3 Å². The van der Waals surface area contributed by atoms with Crippen molar-refractivity contribution in [2.24, 2.45) is 0 Å². The van der Waals surface area contributed by atoms with Gasteiger partial charge in [-0.15, -0.1) is 0 Å². The molecule has 0 aromatic heterocycles. The van der Waals surface area contributed by atoms with Crippen LogP contribution in [0.5, 0.6) is 23.0 Å². The van der Waals surface area contributed by atoms with Gasteiger partial charge in [0, 0.05) is 12.1 Å². The second kappa shape index (κ2) is 7.80. The Morgan fingerprint density at radius 2 is 1.56 bits per heavy atom. The number of methoxy groups -OCH3 is 2. The number of phenols is 2. The summed E-state index contributed by atoms with van der Waals surface area (Å²) in [5.74, 6) is -1.85. The van der Waals surface area contributed by atoms with Crippen molar-refractivity contribution in [2.75, 3.05) is 14.2 Å². The van der Waals surface area contributed by atoms with Gasteiger partial charge in [-0.25, -0.2) is 0 Å². The predicted molar refractivity (Wildman–Crippen MR) is 89.7 cm³/mol. The molecule has 0 spiro atoms. The molecule has 2 aromatic rings. The molecule has 0 fully saturated rings. The van der Waals surface area contributed by atoms with Crippen molar-refractivity contribution in [1.82, 2.24) is 0 Å². The van der Waals surface area contributed by atoms with Gasteiger partial charge in [0.15, 0.2) is 0 Å². The summed E-state index contributed by atoms with van der Waals surface area (Å²) in [4.78, 5) is 11.8. The molecule has 0 radical (unpaired) electrons. The van der Waals surface area contributed by atoms with E-state index in [-0.39, 0.29) is 30.2 Å². The molecule has 3 N–H and O–H groups in total. The van der Waals surface area contributed by atoms with Crippen LogP contribution in [0.3, 0.4) is 0 Å². The molecule has 2 rings (SSSR count). The number of hydrogen-bond acceptors (Lipinski definition) is 7. The molecule has 0 saturated heterocycles. The molecular formula is C15H15LiO8S. The van der Waals surface area contributed by atoms with Gasteiger partial charge in [-0.05, 0) is 18.2 Å². The minimum absolute atomic E-state index is 0. The number of benzene rings is 2. The maximum atomic E-state index is 12.5. The standard InChI is InChI=1S/C15H14O8S.Li.H/c1-22-8-3-4-9(11(16)5-8)15(18)10-6-14(24(19,20)21)13(23-2)7-12(10)17;;/h3-7,16-17H,1-2H3,(H,19,20,21);;. The molecule has 0 aliphatic heterocycles. The fourth-order valence-corrected chi connectivity index (χ4v) is 2.73. The van der Waals surface area contributed by atoms with E-state index in [1.807, 2.05) is 0 Å². The topological polar surface area (TPSA) is 130 Å². The molecule has 0 bridgehead atoms. The molecule has 0 heterocycles. The Kier molecular flexibility index (Phi) is 6.51. The molecule has 0 unspecified atom stereocenters. The van der Waals surface area contributed by atoms with Gasteiger partial charge in [0.25, 0.3) is 10.1 Å². The SMILES string of the molecule is COc1ccc(C(=O)c2cc(S(=O)(=O)O)c(OC)cc2O)c(O)c1.[LiH]. The van der Waals surface area contributed by atoms with Gasteiger partial charge in [-0.2, -0.15) is 8.42 Å². The second-order valence-electron chi connectivity index (χ2n) is 4.71. The Bertz CT molecular complexity index is 908. The van der Waals surface area contributed by atoms with E-state index >= 15 is 0 Å². The summed E-state index contributed by atoms with van der Waals surface area (Å²) in [6.45, 7) is 0. The molecule has 0 aliphatic rings. The van der Waals surface area contributed by atoms with Crippen LogP contribution in [0.4, 0.5) is 0 Å². The zero-order valence-electron chi connectivity index (χ0n) is 12.7. The van der Waals surface area contributed by atoms with Crippen molar-refractivity contribution in [1.29, 1.82) is 0 Å². The zero-order valence-corrected chi connectivity index (χ0v) is 13.5. The van der Waals surface area contributed by atoms with E-state index in [9.17, 15) is 28.0 Å². The summed E-state index contributed by atoms with van der Waals surface area (Å²) < 4.78 is 41.7. The van der Waals surface area contributed by atoms with Gasteiger partial charge in [0.1, 0.15) is 27.9 Å². The summed E-state index contributed by atoms with van der Waals surface area (Å²) in [6.07, 6.45) is 0. The third kappa shape index (κ3) is 4.27. The number of ketones is 1. The van der Waals surface area contributed by atoms with Crippen molar-refractivity contribution in [2.45, 2.75) is 4.90 Å². The Labute approximate surface area is 155 Å². The molecule has 130 valence electrons. The van der Waals surface area contributed by atoms with Gasteiger partial charge < -0.3 is 19.7 Å². The number of aromatic hydroxyl groups is 2. The van der Waals surface area contributed by atoms with Crippen molar-refractivity contribution in [3.05, 3.63) is 41.5 Å². The fraction of sp³-hybridized carbons (Fsp3) is 0.133. The molecular weight excluding hydrogens is 347 g/mol. The zero-order chi connectivity index (χ0) is 18.1. The average Bonchev–Trinajstić information content (AvgIpc) is 2.52. The summed E-state index contributed by atoms with van der Waals surface area (Å²) in [5.41, 5.74) is -0.610. The van der Waals surface area contributed by atoms with E-state index in [0.717, 1.165) is 19.2 Å². The van der Waals surface area contributed by atoms with Crippen LogP contribution >= 0.6 is 0 Å². The average molecular weight is 362 g/mol. The first-order chi connectivity index (χ1) is 11.2. The van der Waals surface area contributed by atoms with Crippen LogP contribution in [-0.4, -0.2) is 62.0 Å². The molecule has 25 heavy (non-hydrogen) atoms. The summed E-state index contributed by atoms with van der Waals surface area (Å²) in [7, 11) is -2.17. The van der Waals surface area contributed by atoms with E-state index < -0.39 is 37.9 Å². The third-order valence-corrected chi connectivity index (χ3v) is 4.13. The minimum atomic E-state index is -4.69. The van der Waals surface area contributed by atoms with E-state index in [1.54, 1.807) is 0 Å². The summed E-state index contributed by atoms with van der Waals surface area (Å²) in [6, 6.07) is 5.52. The fourth-order valence-electron chi connectivity index (χ4n) is 2.07. The van der Waals surface area contributed by atoms with Crippen molar-refractivity contribution in [3.63, 3.8) is 0 Å². The van der Waals surface area contributed by atoms with Gasteiger partial charge in [0.2, 0.25) is 5.78 Å². The molecule has 10 heteroatoms. The number of carbonyl (C=O) groups is 1. The second-order valence-corrected chi connectivity index (χ2v) is 6.10. The molecule has 2 aromatic carbocycles. The van der Waals surface area contributed by atoms with Crippen LogP contribution in [0.2, 0.25) is 0 Å². The number of ether oxygens (including phenoxy) is 2. The van der Waals surface area contributed by atoms with Crippen LogP contribution < -0.4 is 9.47 Å². The molecule has 0 amide bonds. The molecule has 0 saturated carbocycles. The Hall–Kier alpha value is -2.18. The monoisotopic (exact) mass is 362 g/mol. The first kappa shape index (κ1) is 20.9. The normalized spacial score (nSPS) is 10.7. The van der Waals surface area contributed by atoms with Crippen LogP contribution in [0.1, 0.15) is 15.9 Å². The third-order valence-electron chi connectivity index (χ3n) is 3.25. The number of phenolic OH excluding ortho intramolecular Hbond substituents is 2. The Morgan fingerprint density at radius 3 is 2.04 bits per heavy atom. The summed E-state index contributed by atoms with van der Waals surface area (Å²) in [5, 5.41) is 19.9. The molecule has 0 atom stereocenters. The van der Waals surface area contributed by atoms with Gasteiger partial charge in [0.05, 0.1) is 25.3 Å². The van der Waals surface area contributed by atoms with E-state index in [4.69, 9.17) is 9.47 Å². The van der Waals surface area contributed by atoms with E-state index in [0.29, 0.717) is 5.75 Å². The Balaban J connectivity index is 0.00000312. The number of hydrogen-bond donors (Lipinski definition) is 3. The van der Waals surface area contributed by atoms with Gasteiger partial charge >= 0.3 is 18.9 Å². The number of carbonyl (C=O) groups excluding carboxylic acids is 1. The van der Waals surface area contributed by atoms with E-state index in [2.05, 4.69) is 0 Å². The van der Waals surface area contributed by atoms with Crippen LogP contribution in [-0.2, 0) is 10.1 Å². The quantitative estimate of drug-likeness (QED) is 0.407. The molecule has 8 nitrogen and oxygen atoms in total. The van der Waals surface area contributed by atoms with Crippen LogP contribution in [0, 0.1) is 0 Å². The Morgan fingerprint density at radius 1 is 0.960 bits per heavy atom. The van der Waals surface area contributed by atoms with Crippen LogP contribution in [0.15, 0.2) is 35.2 Å². The van der Waals surface area contributed by atoms with Crippen molar-refractivity contribution < 1.29 is 37.5 Å².